The van der Waals surface area contributed by atoms with Crippen LogP contribution in [0.4, 0.5) is 0 Å². The zero-order valence-corrected chi connectivity index (χ0v) is 11.0. The number of hydrogen-bond acceptors (Lipinski definition) is 3. The molecule has 0 amide bonds. The molecular weight excluding hydrogens is 228 g/mol. The van der Waals surface area contributed by atoms with Crippen molar-refractivity contribution in [3.8, 4) is 5.75 Å². The van der Waals surface area contributed by atoms with Gasteiger partial charge in [-0.3, -0.25) is 4.68 Å². The molecule has 1 aromatic heterocycles. The van der Waals surface area contributed by atoms with E-state index in [2.05, 4.69) is 5.10 Å². The lowest BCUT2D eigenvalue weighted by Gasteiger charge is -2.05. The van der Waals surface area contributed by atoms with Gasteiger partial charge in [-0.15, -0.1) is 0 Å². The highest BCUT2D eigenvalue weighted by Crippen LogP contribution is 2.13. The van der Waals surface area contributed by atoms with Crippen LogP contribution in [-0.4, -0.2) is 16.9 Å². The third-order valence-corrected chi connectivity index (χ3v) is 2.80. The molecule has 0 fully saturated rings. The van der Waals surface area contributed by atoms with E-state index in [-0.39, 0.29) is 0 Å². The maximum absolute atomic E-state index is 5.68. The number of nitrogens with zero attached hydrogens (tertiary/aromatic N) is 2. The molecule has 2 aromatic rings. The fourth-order valence-corrected chi connectivity index (χ4v) is 1.79. The van der Waals surface area contributed by atoms with Gasteiger partial charge in [0.1, 0.15) is 5.75 Å². The van der Waals surface area contributed by atoms with Gasteiger partial charge in [-0.2, -0.15) is 5.10 Å². The Morgan fingerprint density at radius 1 is 1.17 bits per heavy atom. The molecule has 0 N–H and O–H groups in total. The average molecular weight is 246 g/mol. The third kappa shape index (κ3) is 3.11. The van der Waals surface area contributed by atoms with Crippen molar-refractivity contribution in [2.75, 3.05) is 7.11 Å². The number of benzene rings is 1. The Kier molecular flexibility index (Phi) is 3.99. The number of aryl methyl sites for hydroxylation is 2. The molecule has 0 bridgehead atoms. The van der Waals surface area contributed by atoms with Crippen LogP contribution in [0.1, 0.15) is 16.8 Å². The Balaban J connectivity index is 1.86. The summed E-state index contributed by atoms with van der Waals surface area (Å²) in [5.41, 5.74) is 3.29. The molecule has 0 unspecified atom stereocenters. The first-order valence-corrected chi connectivity index (χ1v) is 5.89. The second-order valence-electron chi connectivity index (χ2n) is 4.25. The van der Waals surface area contributed by atoms with Gasteiger partial charge in [-0.1, -0.05) is 12.1 Å². The summed E-state index contributed by atoms with van der Waals surface area (Å²) in [4.78, 5) is 0. The summed E-state index contributed by atoms with van der Waals surface area (Å²) < 4.78 is 12.6. The monoisotopic (exact) mass is 246 g/mol. The van der Waals surface area contributed by atoms with Crippen LogP contribution in [0.15, 0.2) is 30.5 Å². The molecule has 2 rings (SSSR count). The zero-order valence-electron chi connectivity index (χ0n) is 11.0. The van der Waals surface area contributed by atoms with Crippen molar-refractivity contribution in [2.45, 2.75) is 20.1 Å². The highest BCUT2D eigenvalue weighted by Gasteiger charge is 2.03. The summed E-state index contributed by atoms with van der Waals surface area (Å²) >= 11 is 0. The third-order valence-electron chi connectivity index (χ3n) is 2.80. The van der Waals surface area contributed by atoms with E-state index in [0.29, 0.717) is 13.2 Å². The van der Waals surface area contributed by atoms with Gasteiger partial charge in [0.25, 0.3) is 0 Å². The van der Waals surface area contributed by atoms with E-state index in [1.165, 1.54) is 0 Å². The zero-order chi connectivity index (χ0) is 13.0. The fourth-order valence-electron chi connectivity index (χ4n) is 1.79. The fraction of sp³-hybridized carbons (Fsp3) is 0.357. The lowest BCUT2D eigenvalue weighted by molar-refractivity contribution is 0.106. The van der Waals surface area contributed by atoms with Crippen LogP contribution in [0.25, 0.3) is 0 Å². The van der Waals surface area contributed by atoms with Crippen LogP contribution in [0, 0.1) is 6.92 Å². The number of aromatic nitrogens is 2. The highest BCUT2D eigenvalue weighted by atomic mass is 16.5. The van der Waals surface area contributed by atoms with Crippen molar-refractivity contribution in [3.63, 3.8) is 0 Å². The van der Waals surface area contributed by atoms with E-state index < -0.39 is 0 Å². The molecule has 0 aliphatic carbocycles. The molecule has 18 heavy (non-hydrogen) atoms. The molecular formula is C14H18N2O2. The highest BCUT2D eigenvalue weighted by molar-refractivity contribution is 5.26. The second-order valence-corrected chi connectivity index (χ2v) is 4.25. The molecule has 0 saturated carbocycles. The van der Waals surface area contributed by atoms with Crippen molar-refractivity contribution in [2.24, 2.45) is 7.05 Å². The molecule has 4 heteroatoms. The maximum atomic E-state index is 5.68. The topological polar surface area (TPSA) is 36.3 Å². The van der Waals surface area contributed by atoms with Crippen LogP contribution in [0.3, 0.4) is 0 Å². The van der Waals surface area contributed by atoms with Crippen molar-refractivity contribution < 1.29 is 9.47 Å². The molecule has 0 radical (unpaired) electrons. The van der Waals surface area contributed by atoms with Gasteiger partial charge in [0.15, 0.2) is 0 Å². The summed E-state index contributed by atoms with van der Waals surface area (Å²) in [6.07, 6.45) is 1.99. The van der Waals surface area contributed by atoms with Crippen LogP contribution < -0.4 is 4.74 Å². The van der Waals surface area contributed by atoms with Crippen LogP contribution in [0.5, 0.6) is 5.75 Å². The Morgan fingerprint density at radius 3 is 2.44 bits per heavy atom. The minimum atomic E-state index is 0.589. The van der Waals surface area contributed by atoms with E-state index in [4.69, 9.17) is 9.47 Å². The molecule has 0 aliphatic rings. The second kappa shape index (κ2) is 5.69. The molecule has 0 spiro atoms. The predicted molar refractivity (Wildman–Crippen MR) is 69.4 cm³/mol. The van der Waals surface area contributed by atoms with Crippen LogP contribution in [-0.2, 0) is 25.0 Å². The van der Waals surface area contributed by atoms with Crippen LogP contribution in [0.2, 0.25) is 0 Å². The normalized spacial score (nSPS) is 10.6. The predicted octanol–water partition coefficient (Wildman–Crippen LogP) is 2.45. The van der Waals surface area contributed by atoms with Gasteiger partial charge >= 0.3 is 0 Å². The number of ether oxygens (including phenoxy) is 2. The summed E-state index contributed by atoms with van der Waals surface area (Å²) in [5, 5.41) is 4.28. The minimum absolute atomic E-state index is 0.589. The van der Waals surface area contributed by atoms with E-state index in [1.807, 2.05) is 44.4 Å². The van der Waals surface area contributed by atoms with Gasteiger partial charge in [-0.25, -0.2) is 0 Å². The Hall–Kier alpha value is -1.81. The van der Waals surface area contributed by atoms with Gasteiger partial charge in [0.2, 0.25) is 0 Å². The summed E-state index contributed by atoms with van der Waals surface area (Å²) in [6, 6.07) is 7.89. The SMILES string of the molecule is COc1ccc(COCc2cn(C)nc2C)cc1. The standard InChI is InChI=1S/C14H18N2O2/c1-11-13(8-16(2)15-11)10-18-9-12-4-6-14(17-3)7-5-12/h4-8H,9-10H2,1-3H3. The number of methoxy groups -OCH3 is 1. The molecule has 0 saturated heterocycles. The molecule has 0 aliphatic heterocycles. The van der Waals surface area contributed by atoms with Gasteiger partial charge in [0.05, 0.1) is 26.0 Å². The number of rotatable bonds is 5. The Morgan fingerprint density at radius 2 is 1.89 bits per heavy atom. The molecule has 1 heterocycles. The summed E-state index contributed by atoms with van der Waals surface area (Å²) in [6.45, 7) is 3.18. The van der Waals surface area contributed by atoms with Crippen molar-refractivity contribution in [3.05, 3.63) is 47.3 Å². The maximum Gasteiger partial charge on any atom is 0.118 e. The molecule has 4 nitrogen and oxygen atoms in total. The summed E-state index contributed by atoms with van der Waals surface area (Å²) in [7, 11) is 3.58. The lowest BCUT2D eigenvalue weighted by Crippen LogP contribution is -1.95. The van der Waals surface area contributed by atoms with Gasteiger partial charge in [-0.05, 0) is 24.6 Å². The first-order chi connectivity index (χ1) is 8.69. The lowest BCUT2D eigenvalue weighted by atomic mass is 10.2. The van der Waals surface area contributed by atoms with E-state index in [9.17, 15) is 0 Å². The Bertz CT molecular complexity index is 503. The largest absolute Gasteiger partial charge is 0.497 e. The van der Waals surface area contributed by atoms with E-state index in [0.717, 1.165) is 22.6 Å². The van der Waals surface area contributed by atoms with E-state index >= 15 is 0 Å². The first kappa shape index (κ1) is 12.6. The van der Waals surface area contributed by atoms with Crippen molar-refractivity contribution in [1.29, 1.82) is 0 Å². The van der Waals surface area contributed by atoms with Gasteiger partial charge in [0, 0.05) is 18.8 Å². The van der Waals surface area contributed by atoms with E-state index in [1.54, 1.807) is 11.8 Å². The van der Waals surface area contributed by atoms with Crippen LogP contribution >= 0.6 is 0 Å². The quantitative estimate of drug-likeness (QED) is 0.813. The molecule has 1 aromatic carbocycles. The van der Waals surface area contributed by atoms with Crippen molar-refractivity contribution >= 4 is 0 Å². The molecule has 0 atom stereocenters. The number of hydrogen-bond donors (Lipinski definition) is 0. The molecule has 96 valence electrons. The van der Waals surface area contributed by atoms with Crippen molar-refractivity contribution in [1.82, 2.24) is 9.78 Å². The average Bonchev–Trinajstić information content (AvgIpc) is 2.69. The van der Waals surface area contributed by atoms with Gasteiger partial charge < -0.3 is 9.47 Å². The summed E-state index contributed by atoms with van der Waals surface area (Å²) in [5.74, 6) is 0.863. The first-order valence-electron chi connectivity index (χ1n) is 5.89. The minimum Gasteiger partial charge on any atom is -0.497 e. The Labute approximate surface area is 107 Å². The smallest absolute Gasteiger partial charge is 0.118 e.